The standard InChI is InChI=1S/C16H15F2N3/c1-2-19-16(15-12(17)6-5-7-13(15)18)11-10-20-21-9-4-3-8-14(11)21/h3-10,16,19H,2H2,1H3. The lowest BCUT2D eigenvalue weighted by Gasteiger charge is -2.19. The molecule has 0 aliphatic heterocycles. The number of nitrogens with zero attached hydrogens (tertiary/aromatic N) is 2. The molecule has 2 heterocycles. The molecule has 108 valence electrons. The fourth-order valence-corrected chi connectivity index (χ4v) is 2.53. The van der Waals surface area contributed by atoms with Crippen molar-refractivity contribution in [2.75, 3.05) is 6.54 Å². The van der Waals surface area contributed by atoms with E-state index in [0.717, 1.165) is 11.1 Å². The maximum absolute atomic E-state index is 14.1. The van der Waals surface area contributed by atoms with Gasteiger partial charge in [-0.25, -0.2) is 13.3 Å². The van der Waals surface area contributed by atoms with Crippen molar-refractivity contribution in [3.05, 3.63) is 71.6 Å². The summed E-state index contributed by atoms with van der Waals surface area (Å²) in [5.74, 6) is -1.12. The van der Waals surface area contributed by atoms with Crippen LogP contribution in [-0.4, -0.2) is 16.2 Å². The van der Waals surface area contributed by atoms with Crippen molar-refractivity contribution in [3.63, 3.8) is 0 Å². The Hall–Kier alpha value is -2.27. The zero-order valence-corrected chi connectivity index (χ0v) is 11.6. The Kier molecular flexibility index (Phi) is 3.66. The van der Waals surface area contributed by atoms with E-state index >= 15 is 0 Å². The van der Waals surface area contributed by atoms with E-state index in [1.165, 1.54) is 18.2 Å². The van der Waals surface area contributed by atoms with E-state index in [-0.39, 0.29) is 5.56 Å². The first kappa shape index (κ1) is 13.7. The Morgan fingerprint density at radius 2 is 1.90 bits per heavy atom. The predicted molar refractivity (Wildman–Crippen MR) is 77.1 cm³/mol. The number of fused-ring (bicyclic) bond motifs is 1. The third kappa shape index (κ3) is 2.40. The van der Waals surface area contributed by atoms with E-state index < -0.39 is 17.7 Å². The van der Waals surface area contributed by atoms with Crippen molar-refractivity contribution in [2.24, 2.45) is 0 Å². The molecule has 21 heavy (non-hydrogen) atoms. The number of rotatable bonds is 4. The number of hydrogen-bond donors (Lipinski definition) is 1. The average molecular weight is 287 g/mol. The van der Waals surface area contributed by atoms with Crippen LogP contribution in [-0.2, 0) is 0 Å². The molecule has 1 atom stereocenters. The zero-order chi connectivity index (χ0) is 14.8. The van der Waals surface area contributed by atoms with Crippen molar-refractivity contribution in [1.29, 1.82) is 0 Å². The van der Waals surface area contributed by atoms with Crippen LogP contribution >= 0.6 is 0 Å². The molecule has 3 rings (SSSR count). The van der Waals surface area contributed by atoms with Crippen LogP contribution < -0.4 is 5.32 Å². The molecule has 0 aliphatic rings. The first-order chi connectivity index (χ1) is 10.2. The second-order valence-corrected chi connectivity index (χ2v) is 4.76. The Bertz CT molecular complexity index is 747. The number of halogens is 2. The zero-order valence-electron chi connectivity index (χ0n) is 11.6. The van der Waals surface area contributed by atoms with E-state index in [1.807, 2.05) is 25.1 Å². The van der Waals surface area contributed by atoms with Crippen LogP contribution in [0.1, 0.15) is 24.1 Å². The third-order valence-electron chi connectivity index (χ3n) is 3.46. The molecule has 0 spiro atoms. The molecular formula is C16H15F2N3. The van der Waals surface area contributed by atoms with Crippen molar-refractivity contribution in [2.45, 2.75) is 13.0 Å². The van der Waals surface area contributed by atoms with E-state index in [2.05, 4.69) is 10.4 Å². The SMILES string of the molecule is CCNC(c1c(F)cccc1F)c1cnn2ccccc12. The molecule has 3 aromatic rings. The van der Waals surface area contributed by atoms with Gasteiger partial charge in [-0.1, -0.05) is 19.1 Å². The summed E-state index contributed by atoms with van der Waals surface area (Å²) >= 11 is 0. The van der Waals surface area contributed by atoms with E-state index in [0.29, 0.717) is 6.54 Å². The summed E-state index contributed by atoms with van der Waals surface area (Å²) < 4.78 is 29.9. The molecule has 1 aromatic carbocycles. The van der Waals surface area contributed by atoms with Gasteiger partial charge in [-0.05, 0) is 30.8 Å². The molecule has 0 aliphatic carbocycles. The number of nitrogens with one attached hydrogen (secondary N) is 1. The molecule has 0 saturated carbocycles. The summed E-state index contributed by atoms with van der Waals surface area (Å²) in [6, 6.07) is 8.95. The molecule has 0 bridgehead atoms. The summed E-state index contributed by atoms with van der Waals surface area (Å²) in [7, 11) is 0. The number of pyridine rings is 1. The van der Waals surface area contributed by atoms with Gasteiger partial charge in [0.15, 0.2) is 0 Å². The topological polar surface area (TPSA) is 29.3 Å². The number of aromatic nitrogens is 2. The monoisotopic (exact) mass is 287 g/mol. The normalized spacial score (nSPS) is 12.7. The molecule has 2 aromatic heterocycles. The lowest BCUT2D eigenvalue weighted by molar-refractivity contribution is 0.511. The van der Waals surface area contributed by atoms with Crippen molar-refractivity contribution < 1.29 is 8.78 Å². The van der Waals surface area contributed by atoms with Crippen LogP contribution in [0.5, 0.6) is 0 Å². The highest BCUT2D eigenvalue weighted by atomic mass is 19.1. The highest BCUT2D eigenvalue weighted by Crippen LogP contribution is 2.29. The first-order valence-electron chi connectivity index (χ1n) is 6.82. The minimum atomic E-state index is -0.573. The maximum atomic E-state index is 14.1. The molecule has 0 fully saturated rings. The molecule has 3 nitrogen and oxygen atoms in total. The fraction of sp³-hybridized carbons (Fsp3) is 0.188. The minimum absolute atomic E-state index is 0.0260. The first-order valence-corrected chi connectivity index (χ1v) is 6.82. The summed E-state index contributed by atoms with van der Waals surface area (Å²) in [6.07, 6.45) is 3.45. The summed E-state index contributed by atoms with van der Waals surface area (Å²) in [6.45, 7) is 2.49. The van der Waals surface area contributed by atoms with E-state index in [9.17, 15) is 8.78 Å². The van der Waals surface area contributed by atoms with Crippen molar-refractivity contribution in [3.8, 4) is 0 Å². The van der Waals surface area contributed by atoms with Crippen LogP contribution in [0.25, 0.3) is 5.52 Å². The van der Waals surface area contributed by atoms with Gasteiger partial charge in [0.2, 0.25) is 0 Å². The minimum Gasteiger partial charge on any atom is -0.306 e. The molecule has 1 unspecified atom stereocenters. The predicted octanol–water partition coefficient (Wildman–Crippen LogP) is 3.31. The van der Waals surface area contributed by atoms with Gasteiger partial charge in [0.1, 0.15) is 11.6 Å². The van der Waals surface area contributed by atoms with Crippen LogP contribution in [0.15, 0.2) is 48.8 Å². The van der Waals surface area contributed by atoms with Crippen LogP contribution in [0.4, 0.5) is 8.78 Å². The third-order valence-corrected chi connectivity index (χ3v) is 3.46. The maximum Gasteiger partial charge on any atom is 0.131 e. The molecular weight excluding hydrogens is 272 g/mol. The van der Waals surface area contributed by atoms with Crippen molar-refractivity contribution in [1.82, 2.24) is 14.9 Å². The molecule has 0 radical (unpaired) electrons. The van der Waals surface area contributed by atoms with Crippen LogP contribution in [0.3, 0.4) is 0 Å². The van der Waals surface area contributed by atoms with Gasteiger partial charge in [-0.2, -0.15) is 5.10 Å². The van der Waals surface area contributed by atoms with E-state index in [4.69, 9.17) is 0 Å². The lowest BCUT2D eigenvalue weighted by atomic mass is 9.98. The van der Waals surface area contributed by atoms with Crippen LogP contribution in [0, 0.1) is 11.6 Å². The average Bonchev–Trinajstić information content (AvgIpc) is 2.90. The molecule has 0 amide bonds. The highest BCUT2D eigenvalue weighted by Gasteiger charge is 2.23. The Morgan fingerprint density at radius 3 is 2.62 bits per heavy atom. The summed E-state index contributed by atoms with van der Waals surface area (Å²) in [5, 5.41) is 7.38. The van der Waals surface area contributed by atoms with Gasteiger partial charge >= 0.3 is 0 Å². The number of benzene rings is 1. The van der Waals surface area contributed by atoms with Gasteiger partial charge < -0.3 is 5.32 Å². The molecule has 1 N–H and O–H groups in total. The van der Waals surface area contributed by atoms with Crippen LogP contribution in [0.2, 0.25) is 0 Å². The van der Waals surface area contributed by atoms with E-state index in [1.54, 1.807) is 16.9 Å². The van der Waals surface area contributed by atoms with Gasteiger partial charge in [-0.3, -0.25) is 0 Å². The summed E-state index contributed by atoms with van der Waals surface area (Å²) in [5.41, 5.74) is 1.60. The van der Waals surface area contributed by atoms with Gasteiger partial charge in [0.25, 0.3) is 0 Å². The highest BCUT2D eigenvalue weighted by molar-refractivity contribution is 5.57. The summed E-state index contributed by atoms with van der Waals surface area (Å²) in [4.78, 5) is 0. The molecule has 0 saturated heterocycles. The number of hydrogen-bond acceptors (Lipinski definition) is 2. The lowest BCUT2D eigenvalue weighted by Crippen LogP contribution is -2.24. The Labute approximate surface area is 121 Å². The van der Waals surface area contributed by atoms with Gasteiger partial charge in [0.05, 0.1) is 17.8 Å². The fourth-order valence-electron chi connectivity index (χ4n) is 2.53. The van der Waals surface area contributed by atoms with Crippen molar-refractivity contribution >= 4 is 5.52 Å². The second kappa shape index (κ2) is 5.61. The smallest absolute Gasteiger partial charge is 0.131 e. The van der Waals surface area contributed by atoms with Gasteiger partial charge in [-0.15, -0.1) is 0 Å². The quantitative estimate of drug-likeness (QED) is 0.797. The molecule has 5 heteroatoms. The second-order valence-electron chi connectivity index (χ2n) is 4.76. The Morgan fingerprint density at radius 1 is 1.14 bits per heavy atom. The largest absolute Gasteiger partial charge is 0.306 e. The Balaban J connectivity index is 2.18. The van der Waals surface area contributed by atoms with Gasteiger partial charge in [0, 0.05) is 17.3 Å².